The highest BCUT2D eigenvalue weighted by atomic mass is 35.5. The first kappa shape index (κ1) is 11.5. The molecule has 4 heteroatoms. The van der Waals surface area contributed by atoms with Crippen LogP contribution in [0.1, 0.15) is 13.3 Å². The third-order valence-electron chi connectivity index (χ3n) is 2.76. The summed E-state index contributed by atoms with van der Waals surface area (Å²) in [5.41, 5.74) is 1.51. The van der Waals surface area contributed by atoms with Gasteiger partial charge >= 0.3 is 5.97 Å². The number of hydrogen-bond acceptors (Lipinski definition) is 2. The van der Waals surface area contributed by atoms with Gasteiger partial charge in [-0.2, -0.15) is 0 Å². The zero-order valence-electron chi connectivity index (χ0n) is 8.32. The van der Waals surface area contributed by atoms with Crippen molar-refractivity contribution in [2.75, 3.05) is 19.6 Å². The quantitative estimate of drug-likeness (QED) is 0.784. The Balaban J connectivity index is 2.42. The van der Waals surface area contributed by atoms with Crippen LogP contribution < -0.4 is 0 Å². The molecule has 0 aliphatic carbocycles. The van der Waals surface area contributed by atoms with E-state index in [4.69, 9.17) is 16.7 Å². The van der Waals surface area contributed by atoms with E-state index < -0.39 is 5.97 Å². The number of rotatable bonds is 3. The van der Waals surface area contributed by atoms with Gasteiger partial charge in [0.2, 0.25) is 0 Å². The van der Waals surface area contributed by atoms with Crippen LogP contribution in [0.4, 0.5) is 0 Å². The van der Waals surface area contributed by atoms with Gasteiger partial charge in [0, 0.05) is 18.6 Å². The van der Waals surface area contributed by atoms with Gasteiger partial charge in [-0.3, -0.25) is 9.69 Å². The number of likely N-dealkylation sites (tertiary alicyclic amines) is 1. The van der Waals surface area contributed by atoms with E-state index in [2.05, 4.69) is 4.90 Å². The zero-order chi connectivity index (χ0) is 10.6. The lowest BCUT2D eigenvalue weighted by Gasteiger charge is -2.34. The molecule has 2 atom stereocenters. The number of carboxylic acids is 1. The van der Waals surface area contributed by atoms with Crippen molar-refractivity contribution in [3.05, 3.63) is 11.6 Å². The summed E-state index contributed by atoms with van der Waals surface area (Å²) < 4.78 is 0. The Morgan fingerprint density at radius 1 is 1.71 bits per heavy atom. The van der Waals surface area contributed by atoms with Gasteiger partial charge in [0.05, 0.1) is 5.92 Å². The van der Waals surface area contributed by atoms with E-state index in [1.165, 1.54) is 5.54 Å². The van der Waals surface area contributed by atoms with Gasteiger partial charge in [-0.25, -0.2) is 0 Å². The molecule has 3 nitrogen and oxygen atoms in total. The molecule has 0 saturated carbocycles. The largest absolute Gasteiger partial charge is 0.481 e. The molecule has 2 unspecified atom stereocenters. The van der Waals surface area contributed by atoms with Crippen LogP contribution in [-0.2, 0) is 4.79 Å². The molecule has 1 aliphatic rings. The molecule has 0 bridgehead atoms. The molecule has 0 spiro atoms. The summed E-state index contributed by atoms with van der Waals surface area (Å²) in [5, 5.41) is 8.92. The van der Waals surface area contributed by atoms with E-state index in [1.54, 1.807) is 0 Å². The molecule has 1 N–H and O–H groups in total. The number of piperidine rings is 1. The monoisotopic (exact) mass is 217 g/mol. The average Bonchev–Trinajstić information content (AvgIpc) is 2.14. The number of nitrogens with zero attached hydrogens (tertiary/aromatic N) is 1. The van der Waals surface area contributed by atoms with Crippen molar-refractivity contribution in [3.63, 3.8) is 0 Å². The molecule has 0 amide bonds. The number of carbonyl (C=O) groups is 1. The van der Waals surface area contributed by atoms with E-state index in [0.29, 0.717) is 0 Å². The zero-order valence-corrected chi connectivity index (χ0v) is 9.07. The summed E-state index contributed by atoms with van der Waals surface area (Å²) in [6, 6.07) is 0. The Morgan fingerprint density at radius 2 is 2.43 bits per heavy atom. The summed E-state index contributed by atoms with van der Waals surface area (Å²) in [5.74, 6) is -0.610. The van der Waals surface area contributed by atoms with Gasteiger partial charge in [0.1, 0.15) is 0 Å². The van der Waals surface area contributed by atoms with E-state index >= 15 is 0 Å². The highest BCUT2D eigenvalue weighted by molar-refractivity contribution is 6.25. The molecule has 80 valence electrons. The van der Waals surface area contributed by atoms with Crippen molar-refractivity contribution in [3.8, 4) is 0 Å². The van der Waals surface area contributed by atoms with E-state index in [1.807, 2.05) is 13.0 Å². The van der Waals surface area contributed by atoms with Gasteiger partial charge in [-0.1, -0.05) is 24.6 Å². The Morgan fingerprint density at radius 3 is 2.93 bits per heavy atom. The van der Waals surface area contributed by atoms with Crippen LogP contribution in [0.25, 0.3) is 0 Å². The highest BCUT2D eigenvalue weighted by Gasteiger charge is 2.30. The van der Waals surface area contributed by atoms with Gasteiger partial charge < -0.3 is 5.11 Å². The van der Waals surface area contributed by atoms with Crippen LogP contribution in [0.15, 0.2) is 11.6 Å². The lowest BCUT2D eigenvalue weighted by Crippen LogP contribution is -2.42. The molecule has 14 heavy (non-hydrogen) atoms. The van der Waals surface area contributed by atoms with E-state index in [0.717, 1.165) is 26.1 Å². The molecule has 0 aromatic carbocycles. The molecule has 0 radical (unpaired) electrons. The molecule has 1 fully saturated rings. The Kier molecular flexibility index (Phi) is 4.42. The molecule has 1 aliphatic heterocycles. The summed E-state index contributed by atoms with van der Waals surface area (Å²) in [6.07, 6.45) is 2.63. The number of aliphatic carboxylic acids is 1. The van der Waals surface area contributed by atoms with Crippen LogP contribution in [0, 0.1) is 11.8 Å². The van der Waals surface area contributed by atoms with Crippen molar-refractivity contribution in [1.29, 1.82) is 0 Å². The van der Waals surface area contributed by atoms with Crippen LogP contribution >= 0.6 is 11.6 Å². The normalized spacial score (nSPS) is 29.6. The standard InChI is InChI=1S/C10H16ClNO2/c1-8-7-12(5-2-4-11)6-3-9(8)10(13)14/h2,4,8-9H,3,5-7H2,1H3,(H,13,14)/b4-2+. The number of hydrogen-bond donors (Lipinski definition) is 1. The predicted molar refractivity (Wildman–Crippen MR) is 56.3 cm³/mol. The molecule has 1 rings (SSSR count). The fraction of sp³-hybridized carbons (Fsp3) is 0.700. The van der Waals surface area contributed by atoms with E-state index in [9.17, 15) is 4.79 Å². The fourth-order valence-corrected chi connectivity index (χ4v) is 2.03. The molecule has 1 saturated heterocycles. The topological polar surface area (TPSA) is 40.5 Å². The summed E-state index contributed by atoms with van der Waals surface area (Å²) in [7, 11) is 0. The average molecular weight is 218 g/mol. The first-order valence-corrected chi connectivity index (χ1v) is 5.29. The van der Waals surface area contributed by atoms with E-state index in [-0.39, 0.29) is 11.8 Å². The number of halogens is 1. The maximum absolute atomic E-state index is 10.8. The summed E-state index contributed by atoms with van der Waals surface area (Å²) in [6.45, 7) is 4.51. The van der Waals surface area contributed by atoms with Gasteiger partial charge in [0.15, 0.2) is 0 Å². The lowest BCUT2D eigenvalue weighted by atomic mass is 9.87. The Hall–Kier alpha value is -0.540. The van der Waals surface area contributed by atoms with Crippen molar-refractivity contribution in [2.45, 2.75) is 13.3 Å². The lowest BCUT2D eigenvalue weighted by molar-refractivity contribution is -0.145. The van der Waals surface area contributed by atoms with Crippen LogP contribution in [-0.4, -0.2) is 35.6 Å². The Bertz CT molecular complexity index is 230. The molecule has 0 aromatic heterocycles. The van der Waals surface area contributed by atoms with Gasteiger partial charge in [-0.05, 0) is 18.9 Å². The Labute approximate surface area is 89.3 Å². The van der Waals surface area contributed by atoms with Crippen LogP contribution in [0.5, 0.6) is 0 Å². The first-order chi connectivity index (χ1) is 6.65. The van der Waals surface area contributed by atoms with Crippen LogP contribution in [0.3, 0.4) is 0 Å². The van der Waals surface area contributed by atoms with Gasteiger partial charge in [-0.15, -0.1) is 0 Å². The molecular weight excluding hydrogens is 202 g/mol. The van der Waals surface area contributed by atoms with Crippen molar-refractivity contribution < 1.29 is 9.90 Å². The summed E-state index contributed by atoms with van der Waals surface area (Å²) >= 11 is 5.43. The maximum atomic E-state index is 10.8. The van der Waals surface area contributed by atoms with Crippen LogP contribution in [0.2, 0.25) is 0 Å². The minimum absolute atomic E-state index is 0.175. The third-order valence-corrected chi connectivity index (χ3v) is 2.94. The van der Waals surface area contributed by atoms with Crippen molar-refractivity contribution in [1.82, 2.24) is 4.90 Å². The van der Waals surface area contributed by atoms with Gasteiger partial charge in [0.25, 0.3) is 0 Å². The third kappa shape index (κ3) is 3.00. The minimum Gasteiger partial charge on any atom is -0.481 e. The number of carboxylic acid groups (broad SMARTS) is 1. The first-order valence-electron chi connectivity index (χ1n) is 4.85. The summed E-state index contributed by atoms with van der Waals surface area (Å²) in [4.78, 5) is 13.1. The maximum Gasteiger partial charge on any atom is 0.306 e. The smallest absolute Gasteiger partial charge is 0.306 e. The predicted octanol–water partition coefficient (Wildman–Crippen LogP) is 1.78. The fourth-order valence-electron chi connectivity index (χ4n) is 1.95. The second kappa shape index (κ2) is 5.37. The van der Waals surface area contributed by atoms with Crippen molar-refractivity contribution in [2.24, 2.45) is 11.8 Å². The second-order valence-corrected chi connectivity index (χ2v) is 4.08. The minimum atomic E-state index is -0.662. The molecular formula is C10H16ClNO2. The highest BCUT2D eigenvalue weighted by Crippen LogP contribution is 2.23. The second-order valence-electron chi connectivity index (χ2n) is 3.83. The SMILES string of the molecule is CC1CN(C/C=C/Cl)CCC1C(=O)O. The van der Waals surface area contributed by atoms with Crippen molar-refractivity contribution >= 4 is 17.6 Å². The molecule has 0 aromatic rings. The molecule has 1 heterocycles.